The lowest BCUT2D eigenvalue weighted by Gasteiger charge is -2.30. The number of benzene rings is 1. The molecule has 1 fully saturated rings. The molecular formula is C24H36N4O4. The Bertz CT molecular complexity index is 848. The molecule has 1 aliphatic heterocycles. The van der Waals surface area contributed by atoms with E-state index in [1.807, 2.05) is 18.2 Å². The van der Waals surface area contributed by atoms with E-state index in [2.05, 4.69) is 46.9 Å². The average molecular weight is 445 g/mol. The van der Waals surface area contributed by atoms with Crippen LogP contribution in [0.5, 0.6) is 5.75 Å². The van der Waals surface area contributed by atoms with Gasteiger partial charge in [-0.25, -0.2) is 4.98 Å². The Morgan fingerprint density at radius 2 is 2.03 bits per heavy atom. The van der Waals surface area contributed by atoms with E-state index in [1.165, 1.54) is 6.26 Å². The van der Waals surface area contributed by atoms with E-state index >= 15 is 0 Å². The van der Waals surface area contributed by atoms with Gasteiger partial charge in [0.15, 0.2) is 5.69 Å². The maximum atomic E-state index is 12.5. The molecule has 2 aromatic rings. The summed E-state index contributed by atoms with van der Waals surface area (Å²) in [6.45, 7) is 12.6. The first-order valence-electron chi connectivity index (χ1n) is 11.4. The first-order valence-corrected chi connectivity index (χ1v) is 11.4. The molecule has 1 unspecified atom stereocenters. The van der Waals surface area contributed by atoms with Gasteiger partial charge in [-0.2, -0.15) is 0 Å². The van der Waals surface area contributed by atoms with Gasteiger partial charge in [0.2, 0.25) is 5.89 Å². The molecule has 1 atom stereocenters. The van der Waals surface area contributed by atoms with Gasteiger partial charge in [0, 0.05) is 38.8 Å². The minimum Gasteiger partial charge on any atom is -0.497 e. The summed E-state index contributed by atoms with van der Waals surface area (Å²) in [7, 11) is 1.67. The van der Waals surface area contributed by atoms with E-state index < -0.39 is 0 Å². The van der Waals surface area contributed by atoms with E-state index in [0.717, 1.165) is 50.7 Å². The van der Waals surface area contributed by atoms with Crippen LogP contribution in [0, 0.1) is 5.92 Å². The molecule has 8 nitrogen and oxygen atoms in total. The quantitative estimate of drug-likeness (QED) is 0.571. The van der Waals surface area contributed by atoms with Gasteiger partial charge >= 0.3 is 0 Å². The van der Waals surface area contributed by atoms with Crippen molar-refractivity contribution in [3.05, 3.63) is 47.7 Å². The third-order valence-electron chi connectivity index (χ3n) is 6.00. The maximum absolute atomic E-state index is 12.5. The molecular weight excluding hydrogens is 408 g/mol. The Morgan fingerprint density at radius 3 is 2.75 bits per heavy atom. The number of hydrogen-bond donors (Lipinski definition) is 1. The number of ether oxygens (including phenoxy) is 2. The molecule has 1 aromatic heterocycles. The number of morpholine rings is 1. The molecule has 0 aliphatic carbocycles. The van der Waals surface area contributed by atoms with Gasteiger partial charge in [0.1, 0.15) is 12.0 Å². The second-order valence-electron chi connectivity index (χ2n) is 8.58. The molecule has 32 heavy (non-hydrogen) atoms. The minimum absolute atomic E-state index is 0.204. The molecule has 2 heterocycles. The molecule has 1 saturated heterocycles. The fourth-order valence-electron chi connectivity index (χ4n) is 3.68. The van der Waals surface area contributed by atoms with Crippen molar-refractivity contribution in [1.29, 1.82) is 0 Å². The van der Waals surface area contributed by atoms with Crippen LogP contribution in [-0.2, 0) is 17.8 Å². The predicted molar refractivity (Wildman–Crippen MR) is 123 cm³/mol. The molecule has 1 aliphatic rings. The molecule has 1 aromatic carbocycles. The summed E-state index contributed by atoms with van der Waals surface area (Å²) in [4.78, 5) is 21.5. The zero-order chi connectivity index (χ0) is 22.9. The van der Waals surface area contributed by atoms with Crippen LogP contribution in [0.15, 0.2) is 34.9 Å². The van der Waals surface area contributed by atoms with Crippen LogP contribution in [0.2, 0.25) is 0 Å². The number of carbonyl (C=O) groups is 1. The number of hydrogen-bond acceptors (Lipinski definition) is 7. The summed E-state index contributed by atoms with van der Waals surface area (Å²) in [5.41, 5.74) is 1.48. The number of aromatic nitrogens is 1. The van der Waals surface area contributed by atoms with Crippen molar-refractivity contribution in [3.63, 3.8) is 0 Å². The van der Waals surface area contributed by atoms with Crippen molar-refractivity contribution in [2.24, 2.45) is 5.92 Å². The Kier molecular flexibility index (Phi) is 9.08. The first kappa shape index (κ1) is 24.2. The lowest BCUT2D eigenvalue weighted by Crippen LogP contribution is -2.41. The average Bonchev–Trinajstić information content (AvgIpc) is 3.27. The standard InChI is InChI=1S/C24H36N4O4/c1-18(2)19(3)28(15-20-6-5-7-21(14-20)30-4)16-23-26-22(17-32-23)24(29)25-8-9-27-10-12-31-13-11-27/h5-7,14,17-19H,8-13,15-16H2,1-4H3,(H,25,29). The summed E-state index contributed by atoms with van der Waals surface area (Å²) in [6.07, 6.45) is 1.45. The summed E-state index contributed by atoms with van der Waals surface area (Å²) >= 11 is 0. The number of carbonyl (C=O) groups excluding carboxylic acids is 1. The Hall–Kier alpha value is -2.42. The fourth-order valence-corrected chi connectivity index (χ4v) is 3.68. The number of amides is 1. The zero-order valence-corrected chi connectivity index (χ0v) is 19.7. The number of oxazole rings is 1. The van der Waals surface area contributed by atoms with Gasteiger partial charge in [-0.3, -0.25) is 14.6 Å². The third kappa shape index (κ3) is 7.05. The molecule has 0 spiro atoms. The maximum Gasteiger partial charge on any atom is 0.273 e. The molecule has 8 heteroatoms. The Labute approximate surface area is 190 Å². The van der Waals surface area contributed by atoms with E-state index in [4.69, 9.17) is 13.9 Å². The topological polar surface area (TPSA) is 80.1 Å². The van der Waals surface area contributed by atoms with Gasteiger partial charge < -0.3 is 19.2 Å². The molecule has 1 N–H and O–H groups in total. The van der Waals surface area contributed by atoms with Gasteiger partial charge in [0.25, 0.3) is 5.91 Å². The number of nitrogens with zero attached hydrogens (tertiary/aromatic N) is 3. The van der Waals surface area contributed by atoms with Crippen molar-refractivity contribution >= 4 is 5.91 Å². The van der Waals surface area contributed by atoms with Crippen molar-refractivity contribution in [3.8, 4) is 5.75 Å². The minimum atomic E-state index is -0.204. The van der Waals surface area contributed by atoms with Gasteiger partial charge in [0.05, 0.1) is 26.9 Å². The predicted octanol–water partition coefficient (Wildman–Crippen LogP) is 2.79. The van der Waals surface area contributed by atoms with Crippen LogP contribution in [0.1, 0.15) is 42.7 Å². The van der Waals surface area contributed by atoms with Crippen LogP contribution in [-0.4, -0.2) is 73.2 Å². The van der Waals surface area contributed by atoms with Gasteiger partial charge in [-0.15, -0.1) is 0 Å². The SMILES string of the molecule is COc1cccc(CN(Cc2nc(C(=O)NCCN3CCOCC3)co2)C(C)C(C)C)c1. The van der Waals surface area contributed by atoms with E-state index in [1.54, 1.807) is 7.11 Å². The van der Waals surface area contributed by atoms with Crippen molar-refractivity contribution in [2.75, 3.05) is 46.5 Å². The highest BCUT2D eigenvalue weighted by atomic mass is 16.5. The molecule has 0 saturated carbocycles. The molecule has 1 amide bonds. The van der Waals surface area contributed by atoms with Crippen LogP contribution in [0.25, 0.3) is 0 Å². The zero-order valence-electron chi connectivity index (χ0n) is 19.7. The molecule has 0 bridgehead atoms. The smallest absolute Gasteiger partial charge is 0.273 e. The second kappa shape index (κ2) is 12.0. The number of methoxy groups -OCH3 is 1. The highest BCUT2D eigenvalue weighted by Gasteiger charge is 2.21. The summed E-state index contributed by atoms with van der Waals surface area (Å²) in [6, 6.07) is 8.38. The van der Waals surface area contributed by atoms with Crippen LogP contribution < -0.4 is 10.1 Å². The first-order chi connectivity index (χ1) is 15.5. The normalized spacial score (nSPS) is 15.8. The largest absolute Gasteiger partial charge is 0.497 e. The molecule has 0 radical (unpaired) electrons. The number of nitrogens with one attached hydrogen (secondary N) is 1. The number of rotatable bonds is 11. The van der Waals surface area contributed by atoms with Gasteiger partial charge in [-0.1, -0.05) is 26.0 Å². The monoisotopic (exact) mass is 444 g/mol. The fraction of sp³-hybridized carbons (Fsp3) is 0.583. The van der Waals surface area contributed by atoms with Crippen LogP contribution in [0.4, 0.5) is 0 Å². The van der Waals surface area contributed by atoms with E-state index in [9.17, 15) is 4.79 Å². The third-order valence-corrected chi connectivity index (χ3v) is 6.00. The lowest BCUT2D eigenvalue weighted by atomic mass is 10.0. The molecule has 3 rings (SSSR count). The Morgan fingerprint density at radius 1 is 1.25 bits per heavy atom. The van der Waals surface area contributed by atoms with Crippen molar-refractivity contribution < 1.29 is 18.7 Å². The second-order valence-corrected chi connectivity index (χ2v) is 8.58. The van der Waals surface area contributed by atoms with E-state index in [0.29, 0.717) is 36.6 Å². The van der Waals surface area contributed by atoms with Crippen LogP contribution >= 0.6 is 0 Å². The Balaban J connectivity index is 1.58. The lowest BCUT2D eigenvalue weighted by molar-refractivity contribution is 0.0383. The summed E-state index contributed by atoms with van der Waals surface area (Å²) in [5.74, 6) is 1.63. The highest BCUT2D eigenvalue weighted by Crippen LogP contribution is 2.20. The van der Waals surface area contributed by atoms with Gasteiger partial charge in [-0.05, 0) is 30.5 Å². The summed E-state index contributed by atoms with van der Waals surface area (Å²) < 4.78 is 16.4. The summed E-state index contributed by atoms with van der Waals surface area (Å²) in [5, 5.41) is 2.93. The van der Waals surface area contributed by atoms with E-state index in [-0.39, 0.29) is 5.91 Å². The molecule has 176 valence electrons. The highest BCUT2D eigenvalue weighted by molar-refractivity contribution is 5.91. The van der Waals surface area contributed by atoms with Crippen LogP contribution in [0.3, 0.4) is 0 Å². The van der Waals surface area contributed by atoms with Crippen molar-refractivity contribution in [2.45, 2.75) is 39.9 Å². The van der Waals surface area contributed by atoms with Crippen molar-refractivity contribution in [1.82, 2.24) is 20.1 Å².